The van der Waals surface area contributed by atoms with Gasteiger partial charge in [0.15, 0.2) is 10.6 Å². The van der Waals surface area contributed by atoms with Crippen molar-refractivity contribution in [2.24, 2.45) is 0 Å². The van der Waals surface area contributed by atoms with Gasteiger partial charge in [-0.3, -0.25) is 0 Å². The second-order valence-corrected chi connectivity index (χ2v) is 8.54. The van der Waals surface area contributed by atoms with Crippen molar-refractivity contribution >= 4 is 34.4 Å². The molecule has 4 rings (SSSR count). The van der Waals surface area contributed by atoms with Crippen molar-refractivity contribution in [1.82, 2.24) is 9.78 Å². The van der Waals surface area contributed by atoms with Crippen LogP contribution in [0.3, 0.4) is 0 Å². The van der Waals surface area contributed by atoms with Crippen LogP contribution in [0.25, 0.3) is 0 Å². The molecule has 2 aromatic carbocycles. The Kier molecular flexibility index (Phi) is 5.70. The van der Waals surface area contributed by atoms with Gasteiger partial charge >= 0.3 is 0 Å². The first-order chi connectivity index (χ1) is 13.6. The Balaban J connectivity index is 1.45. The van der Waals surface area contributed by atoms with Crippen molar-refractivity contribution in [1.29, 1.82) is 0 Å². The van der Waals surface area contributed by atoms with Gasteiger partial charge in [0.25, 0.3) is 0 Å². The number of benzene rings is 2. The van der Waals surface area contributed by atoms with Crippen molar-refractivity contribution in [2.75, 3.05) is 12.4 Å². The van der Waals surface area contributed by atoms with Crippen LogP contribution in [0.2, 0.25) is 0 Å². The molecule has 1 saturated carbocycles. The molecule has 0 saturated heterocycles. The number of methoxy groups -OCH3 is 1. The number of hydrogen-bond donors (Lipinski definition) is 2. The fourth-order valence-electron chi connectivity index (χ4n) is 3.13. The number of rotatable bonds is 8. The van der Waals surface area contributed by atoms with Crippen LogP contribution in [0, 0.1) is 9.77 Å². The average Bonchev–Trinajstić information content (AvgIpc) is 3.49. The maximum absolute atomic E-state index is 13.2. The minimum Gasteiger partial charge on any atom is -0.497 e. The van der Waals surface area contributed by atoms with Crippen molar-refractivity contribution in [3.05, 3.63) is 63.9 Å². The highest BCUT2D eigenvalue weighted by Gasteiger charge is 2.33. The lowest BCUT2D eigenvalue weighted by Crippen LogP contribution is -3.11. The van der Waals surface area contributed by atoms with E-state index in [4.69, 9.17) is 17.0 Å². The smallest absolute Gasteiger partial charge is 0.209 e. The first-order valence-electron chi connectivity index (χ1n) is 9.19. The van der Waals surface area contributed by atoms with Crippen molar-refractivity contribution in [3.8, 4) is 5.75 Å². The summed E-state index contributed by atoms with van der Waals surface area (Å²) >= 11 is 6.99. The van der Waals surface area contributed by atoms with Gasteiger partial charge in [-0.25, -0.2) is 4.39 Å². The largest absolute Gasteiger partial charge is 0.497 e. The molecule has 8 heteroatoms. The predicted molar refractivity (Wildman–Crippen MR) is 111 cm³/mol. The van der Waals surface area contributed by atoms with Gasteiger partial charge in [0.2, 0.25) is 5.13 Å². The first kappa shape index (κ1) is 19.0. The minimum absolute atomic E-state index is 0.201. The second-order valence-electron chi connectivity index (χ2n) is 6.92. The number of nitrogens with zero attached hydrogens (tertiary/aromatic N) is 2. The van der Waals surface area contributed by atoms with Crippen molar-refractivity contribution in [2.45, 2.75) is 32.1 Å². The van der Waals surface area contributed by atoms with E-state index < -0.39 is 0 Å². The van der Waals surface area contributed by atoms with Gasteiger partial charge in [0.1, 0.15) is 18.1 Å². The summed E-state index contributed by atoms with van der Waals surface area (Å²) in [5, 5.41) is 8.74. The third-order valence-electron chi connectivity index (χ3n) is 4.80. The molecule has 3 aromatic rings. The third-order valence-corrected chi connectivity index (χ3v) is 6.02. The molecule has 1 aromatic heterocycles. The van der Waals surface area contributed by atoms with Crippen LogP contribution in [0.5, 0.6) is 5.75 Å². The lowest BCUT2D eigenvalue weighted by Gasteiger charge is -2.19. The van der Waals surface area contributed by atoms with Crippen molar-refractivity contribution < 1.29 is 14.0 Å². The van der Waals surface area contributed by atoms with E-state index in [0.29, 0.717) is 12.7 Å². The molecule has 0 radical (unpaired) electrons. The Morgan fingerprint density at radius 2 is 1.93 bits per heavy atom. The van der Waals surface area contributed by atoms with Crippen LogP contribution in [0.15, 0.2) is 48.5 Å². The maximum Gasteiger partial charge on any atom is 0.209 e. The number of ether oxygens (including phenoxy) is 1. The molecule has 2 N–H and O–H groups in total. The topological polar surface area (TPSA) is 43.5 Å². The molecule has 1 atom stereocenters. The summed E-state index contributed by atoms with van der Waals surface area (Å²) in [5.41, 5.74) is 2.07. The Labute approximate surface area is 172 Å². The van der Waals surface area contributed by atoms with Gasteiger partial charge in [-0.15, -0.1) is 5.10 Å². The van der Waals surface area contributed by atoms with Gasteiger partial charge in [-0.1, -0.05) is 23.5 Å². The number of hydrogen-bond acceptors (Lipinski definition) is 5. The number of anilines is 2. The van der Waals surface area contributed by atoms with E-state index in [1.807, 2.05) is 41.1 Å². The Bertz CT molecular complexity index is 981. The number of nitrogens with one attached hydrogen (secondary N) is 2. The number of aromatic nitrogens is 2. The van der Waals surface area contributed by atoms with E-state index >= 15 is 0 Å². The molecule has 0 amide bonds. The normalized spacial score (nSPS) is 14.6. The molecule has 1 fully saturated rings. The fourth-order valence-corrected chi connectivity index (χ4v) is 4.16. The van der Waals surface area contributed by atoms with E-state index in [0.717, 1.165) is 32.6 Å². The highest BCUT2D eigenvalue weighted by molar-refractivity contribution is 7.73. The maximum atomic E-state index is 13.2. The highest BCUT2D eigenvalue weighted by Crippen LogP contribution is 2.22. The number of quaternary nitrogens is 1. The monoisotopic (exact) mass is 417 g/mol. The van der Waals surface area contributed by atoms with Crippen LogP contribution in [0.4, 0.5) is 15.2 Å². The zero-order chi connectivity index (χ0) is 19.5. The standard InChI is InChI=1S/C20H21FN4OS2/c1-26-18-10-6-16(7-11-18)22-19-23-25(20(27)28-19)13-24(17-8-9-17)12-14-2-4-15(21)5-3-14/h2-7,10-11,17H,8-9,12-13H2,1H3,(H,22,23)/p+1. The van der Waals surface area contributed by atoms with Gasteiger partial charge in [0, 0.05) is 24.1 Å². The summed E-state index contributed by atoms with van der Waals surface area (Å²) in [6.45, 7) is 1.55. The molecule has 1 unspecified atom stereocenters. The Morgan fingerprint density at radius 1 is 1.21 bits per heavy atom. The summed E-state index contributed by atoms with van der Waals surface area (Å²) in [6.07, 6.45) is 2.43. The summed E-state index contributed by atoms with van der Waals surface area (Å²) in [4.78, 5) is 1.41. The van der Waals surface area contributed by atoms with Gasteiger partial charge in [-0.05, 0) is 48.6 Å². The van der Waals surface area contributed by atoms with Gasteiger partial charge in [0.05, 0.1) is 13.2 Å². The predicted octanol–water partition coefficient (Wildman–Crippen LogP) is 3.77. The van der Waals surface area contributed by atoms with Crippen LogP contribution in [-0.4, -0.2) is 22.9 Å². The van der Waals surface area contributed by atoms with Crippen LogP contribution in [-0.2, 0) is 13.2 Å². The molecule has 5 nitrogen and oxygen atoms in total. The molecule has 146 valence electrons. The van der Waals surface area contributed by atoms with E-state index in [9.17, 15) is 4.39 Å². The van der Waals surface area contributed by atoms with E-state index in [1.54, 1.807) is 7.11 Å². The minimum atomic E-state index is -0.201. The molecular weight excluding hydrogens is 395 g/mol. The molecule has 1 heterocycles. The van der Waals surface area contributed by atoms with Crippen LogP contribution >= 0.6 is 23.6 Å². The molecule has 1 aliphatic rings. The van der Waals surface area contributed by atoms with Crippen LogP contribution < -0.4 is 15.0 Å². The highest BCUT2D eigenvalue weighted by atomic mass is 32.1. The first-order valence-corrected chi connectivity index (χ1v) is 10.4. The molecule has 0 spiro atoms. The molecule has 0 aliphatic heterocycles. The fraction of sp³-hybridized carbons (Fsp3) is 0.300. The molecule has 0 bridgehead atoms. The summed E-state index contributed by atoms with van der Waals surface area (Å²) in [6, 6.07) is 15.1. The number of halogens is 1. The Hall–Kier alpha value is -2.29. The Morgan fingerprint density at radius 3 is 2.57 bits per heavy atom. The van der Waals surface area contributed by atoms with E-state index in [1.165, 1.54) is 41.2 Å². The quantitative estimate of drug-likeness (QED) is 0.548. The van der Waals surface area contributed by atoms with Crippen molar-refractivity contribution in [3.63, 3.8) is 0 Å². The third kappa shape index (κ3) is 4.76. The molecule has 1 aliphatic carbocycles. The SMILES string of the molecule is COc1ccc(Nc2nn(C[NH+](Cc3ccc(F)cc3)C3CC3)c(=S)s2)cc1. The van der Waals surface area contributed by atoms with E-state index in [2.05, 4.69) is 10.4 Å². The summed E-state index contributed by atoms with van der Waals surface area (Å²) in [7, 11) is 1.65. The molecular formula is C20H22FN4OS2+. The average molecular weight is 418 g/mol. The van der Waals surface area contributed by atoms with E-state index in [-0.39, 0.29) is 5.82 Å². The summed E-state index contributed by atoms with van der Waals surface area (Å²) in [5.74, 6) is 0.612. The van der Waals surface area contributed by atoms with Gasteiger partial charge in [-0.2, -0.15) is 4.68 Å². The summed E-state index contributed by atoms with van der Waals surface area (Å²) < 4.78 is 21.0. The lowest BCUT2D eigenvalue weighted by atomic mass is 10.2. The lowest BCUT2D eigenvalue weighted by molar-refractivity contribution is -0.947. The second kappa shape index (κ2) is 8.38. The molecule has 28 heavy (non-hydrogen) atoms. The zero-order valence-corrected chi connectivity index (χ0v) is 17.2. The van der Waals surface area contributed by atoms with Crippen LogP contribution in [0.1, 0.15) is 18.4 Å². The van der Waals surface area contributed by atoms with Gasteiger partial charge < -0.3 is 15.0 Å². The zero-order valence-electron chi connectivity index (χ0n) is 15.5.